The molecule has 1 rings (SSSR count). The molecule has 0 aliphatic carbocycles. The first kappa shape index (κ1) is 15.7. The summed E-state index contributed by atoms with van der Waals surface area (Å²) in [5.74, 6) is 8.56. The molecule has 5 heteroatoms. The molecule has 5 nitrogen and oxygen atoms in total. The van der Waals surface area contributed by atoms with Gasteiger partial charge in [-0.05, 0) is 19.3 Å². The van der Waals surface area contributed by atoms with Gasteiger partial charge in [-0.25, -0.2) is 15.8 Å². The lowest BCUT2D eigenvalue weighted by Crippen LogP contribution is -2.21. The third-order valence-electron chi connectivity index (χ3n) is 2.97. The van der Waals surface area contributed by atoms with E-state index in [1.807, 2.05) is 6.92 Å². The molecule has 4 N–H and O–H groups in total. The van der Waals surface area contributed by atoms with Crippen molar-refractivity contribution in [3.05, 3.63) is 11.4 Å². The first-order valence-electron chi connectivity index (χ1n) is 6.85. The number of nitrogens with zero attached hydrogens (tertiary/aromatic N) is 2. The summed E-state index contributed by atoms with van der Waals surface area (Å²) in [6, 6.07) is 0. The molecule has 0 fully saturated rings. The molecule has 19 heavy (non-hydrogen) atoms. The van der Waals surface area contributed by atoms with Gasteiger partial charge in [0.1, 0.15) is 17.5 Å². The Bertz CT molecular complexity index is 421. The third kappa shape index (κ3) is 4.35. The van der Waals surface area contributed by atoms with Crippen LogP contribution < -0.4 is 16.6 Å². The quantitative estimate of drug-likeness (QED) is 0.564. The molecule has 0 aliphatic heterocycles. The summed E-state index contributed by atoms with van der Waals surface area (Å²) in [5, 5.41) is 3.38. The van der Waals surface area contributed by atoms with Crippen LogP contribution in [-0.4, -0.2) is 16.5 Å². The average molecular weight is 265 g/mol. The Morgan fingerprint density at radius 2 is 1.74 bits per heavy atom. The zero-order valence-electron chi connectivity index (χ0n) is 13.0. The van der Waals surface area contributed by atoms with Gasteiger partial charge in [0.15, 0.2) is 0 Å². The molecule has 1 aromatic heterocycles. The smallest absolute Gasteiger partial charge is 0.148 e. The number of hydrogen-bond acceptors (Lipinski definition) is 5. The summed E-state index contributed by atoms with van der Waals surface area (Å²) in [6.45, 7) is 13.6. The molecule has 0 saturated carbocycles. The number of aromatic nitrogens is 2. The Kier molecular flexibility index (Phi) is 5.11. The molecule has 0 saturated heterocycles. The van der Waals surface area contributed by atoms with E-state index in [0.29, 0.717) is 11.7 Å². The SMILES string of the molecule is Cc1c(NN)nc(C(C)(C)C)nc1NCCC(C)C. The molecule has 0 radical (unpaired) electrons. The Balaban J connectivity index is 3.01. The Morgan fingerprint density at radius 1 is 1.16 bits per heavy atom. The van der Waals surface area contributed by atoms with Crippen molar-refractivity contribution in [3.8, 4) is 0 Å². The van der Waals surface area contributed by atoms with Crippen molar-refractivity contribution in [2.24, 2.45) is 11.8 Å². The molecular weight excluding hydrogens is 238 g/mol. The summed E-state index contributed by atoms with van der Waals surface area (Å²) < 4.78 is 0. The highest BCUT2D eigenvalue weighted by atomic mass is 15.3. The van der Waals surface area contributed by atoms with E-state index in [1.54, 1.807) is 0 Å². The van der Waals surface area contributed by atoms with Crippen LogP contribution in [0.1, 0.15) is 52.4 Å². The lowest BCUT2D eigenvalue weighted by Gasteiger charge is -2.20. The molecule has 0 spiro atoms. The van der Waals surface area contributed by atoms with Crippen LogP contribution in [0.3, 0.4) is 0 Å². The molecule has 0 atom stereocenters. The molecule has 1 heterocycles. The fourth-order valence-electron chi connectivity index (χ4n) is 1.64. The van der Waals surface area contributed by atoms with Crippen LogP contribution in [0.15, 0.2) is 0 Å². The average Bonchev–Trinajstić information content (AvgIpc) is 2.29. The van der Waals surface area contributed by atoms with E-state index < -0.39 is 0 Å². The predicted molar refractivity (Wildman–Crippen MR) is 81.2 cm³/mol. The maximum atomic E-state index is 5.54. The summed E-state index contributed by atoms with van der Waals surface area (Å²) in [7, 11) is 0. The largest absolute Gasteiger partial charge is 0.370 e. The number of nitrogen functional groups attached to an aromatic ring is 1. The third-order valence-corrected chi connectivity index (χ3v) is 2.97. The summed E-state index contributed by atoms with van der Waals surface area (Å²) >= 11 is 0. The monoisotopic (exact) mass is 265 g/mol. The second-order valence-electron chi connectivity index (χ2n) is 6.37. The van der Waals surface area contributed by atoms with Crippen LogP contribution in [0.4, 0.5) is 11.6 Å². The van der Waals surface area contributed by atoms with Crippen molar-refractivity contribution >= 4 is 11.6 Å². The Morgan fingerprint density at radius 3 is 2.21 bits per heavy atom. The van der Waals surface area contributed by atoms with E-state index >= 15 is 0 Å². The van der Waals surface area contributed by atoms with Gasteiger partial charge in [-0.1, -0.05) is 34.6 Å². The van der Waals surface area contributed by atoms with Gasteiger partial charge >= 0.3 is 0 Å². The van der Waals surface area contributed by atoms with E-state index in [4.69, 9.17) is 5.84 Å². The van der Waals surface area contributed by atoms with Crippen molar-refractivity contribution in [3.63, 3.8) is 0 Å². The topological polar surface area (TPSA) is 75.9 Å². The highest BCUT2D eigenvalue weighted by molar-refractivity contribution is 5.57. The minimum Gasteiger partial charge on any atom is -0.370 e. The minimum absolute atomic E-state index is 0.103. The van der Waals surface area contributed by atoms with Crippen molar-refractivity contribution in [1.29, 1.82) is 0 Å². The van der Waals surface area contributed by atoms with Crippen molar-refractivity contribution < 1.29 is 0 Å². The second-order valence-corrected chi connectivity index (χ2v) is 6.37. The van der Waals surface area contributed by atoms with Gasteiger partial charge in [0.25, 0.3) is 0 Å². The first-order chi connectivity index (χ1) is 8.75. The normalized spacial score (nSPS) is 11.8. The van der Waals surface area contributed by atoms with Crippen LogP contribution in [0.2, 0.25) is 0 Å². The fraction of sp³-hybridized carbons (Fsp3) is 0.714. The van der Waals surface area contributed by atoms with Gasteiger partial charge in [-0.15, -0.1) is 0 Å². The Labute approximate surface area is 116 Å². The van der Waals surface area contributed by atoms with Crippen molar-refractivity contribution in [1.82, 2.24) is 9.97 Å². The summed E-state index contributed by atoms with van der Waals surface area (Å²) in [6.07, 6.45) is 1.11. The molecule has 108 valence electrons. The van der Waals surface area contributed by atoms with Crippen LogP contribution in [0, 0.1) is 12.8 Å². The maximum absolute atomic E-state index is 5.54. The highest BCUT2D eigenvalue weighted by Crippen LogP contribution is 2.25. The minimum atomic E-state index is -0.103. The van der Waals surface area contributed by atoms with Gasteiger partial charge in [0, 0.05) is 17.5 Å². The van der Waals surface area contributed by atoms with Gasteiger partial charge in [0.2, 0.25) is 0 Å². The predicted octanol–water partition coefficient (Wildman–Crippen LogP) is 2.83. The highest BCUT2D eigenvalue weighted by Gasteiger charge is 2.20. The number of anilines is 2. The molecule has 0 aromatic carbocycles. The second kappa shape index (κ2) is 6.19. The maximum Gasteiger partial charge on any atom is 0.148 e. The number of hydrazine groups is 1. The van der Waals surface area contributed by atoms with Gasteiger partial charge in [-0.2, -0.15) is 0 Å². The van der Waals surface area contributed by atoms with Crippen LogP contribution in [0.25, 0.3) is 0 Å². The number of nitrogens with two attached hydrogens (primary N) is 1. The Hall–Kier alpha value is -1.36. The molecule has 0 unspecified atom stereocenters. The van der Waals surface area contributed by atoms with E-state index in [9.17, 15) is 0 Å². The van der Waals surface area contributed by atoms with E-state index in [-0.39, 0.29) is 5.41 Å². The van der Waals surface area contributed by atoms with Gasteiger partial charge < -0.3 is 10.7 Å². The van der Waals surface area contributed by atoms with E-state index in [1.165, 1.54) is 0 Å². The lowest BCUT2D eigenvalue weighted by molar-refractivity contribution is 0.545. The molecule has 0 aliphatic rings. The standard InChI is InChI=1S/C14H27N5/c1-9(2)7-8-16-11-10(3)12(19-15)18-13(17-11)14(4,5)6/h9H,7-8,15H2,1-6H3,(H2,16,17,18,19). The molecule has 1 aromatic rings. The summed E-state index contributed by atoms with van der Waals surface area (Å²) in [4.78, 5) is 9.11. The van der Waals surface area contributed by atoms with Gasteiger partial charge in [0.05, 0.1) is 0 Å². The van der Waals surface area contributed by atoms with Crippen molar-refractivity contribution in [2.45, 2.75) is 53.4 Å². The molecule has 0 amide bonds. The zero-order chi connectivity index (χ0) is 14.6. The van der Waals surface area contributed by atoms with Gasteiger partial charge in [-0.3, -0.25) is 0 Å². The van der Waals surface area contributed by atoms with Crippen LogP contribution >= 0.6 is 0 Å². The molecule has 0 bridgehead atoms. The molecular formula is C14H27N5. The lowest BCUT2D eigenvalue weighted by atomic mass is 9.95. The zero-order valence-corrected chi connectivity index (χ0v) is 13.0. The van der Waals surface area contributed by atoms with Crippen molar-refractivity contribution in [2.75, 3.05) is 17.3 Å². The number of rotatable bonds is 5. The van der Waals surface area contributed by atoms with E-state index in [2.05, 4.69) is 55.3 Å². The van der Waals surface area contributed by atoms with Crippen LogP contribution in [-0.2, 0) is 5.41 Å². The van der Waals surface area contributed by atoms with E-state index in [0.717, 1.165) is 30.2 Å². The van der Waals surface area contributed by atoms with Crippen LogP contribution in [0.5, 0.6) is 0 Å². The first-order valence-corrected chi connectivity index (χ1v) is 6.85. The number of nitrogens with one attached hydrogen (secondary N) is 2. The summed E-state index contributed by atoms with van der Waals surface area (Å²) in [5.41, 5.74) is 3.51. The fourth-order valence-corrected chi connectivity index (χ4v) is 1.64. The number of hydrogen-bond donors (Lipinski definition) is 3.